The van der Waals surface area contributed by atoms with E-state index >= 15 is 0 Å². The highest BCUT2D eigenvalue weighted by molar-refractivity contribution is 9.10. The summed E-state index contributed by atoms with van der Waals surface area (Å²) in [5, 5.41) is 6.18. The molecule has 186 valence electrons. The Labute approximate surface area is 210 Å². The van der Waals surface area contributed by atoms with Crippen molar-refractivity contribution in [2.45, 2.75) is 25.7 Å². The first-order chi connectivity index (χ1) is 16.9. The number of aromatic nitrogens is 2. The smallest absolute Gasteiger partial charge is 0.221 e. The number of piperidine rings is 1. The number of amides is 1. The maximum Gasteiger partial charge on any atom is 0.221 e. The molecule has 3 aromatic rings. The Morgan fingerprint density at radius 2 is 1.94 bits per heavy atom. The number of likely N-dealkylation sites (tertiary alicyclic amines) is 1. The fourth-order valence-electron chi connectivity index (χ4n) is 3.96. The normalized spacial score (nSPS) is 14.1. The van der Waals surface area contributed by atoms with Crippen LogP contribution < -0.4 is 21.1 Å². The third kappa shape index (κ3) is 6.34. The number of hydrogen-bond acceptors (Lipinski definition) is 7. The number of halogens is 3. The number of nitrogen functional groups attached to an aromatic ring is 1. The van der Waals surface area contributed by atoms with Crippen molar-refractivity contribution in [2.75, 3.05) is 43.8 Å². The lowest BCUT2D eigenvalue weighted by atomic mass is 10.1. The summed E-state index contributed by atoms with van der Waals surface area (Å²) in [5.41, 5.74) is 6.92. The molecule has 2 aromatic carbocycles. The Kier molecular flexibility index (Phi) is 8.29. The van der Waals surface area contributed by atoms with Gasteiger partial charge in [0.25, 0.3) is 0 Å². The topological polar surface area (TPSA) is 105 Å². The highest BCUT2D eigenvalue weighted by Gasteiger charge is 2.15. The van der Waals surface area contributed by atoms with E-state index in [-0.39, 0.29) is 28.5 Å². The minimum absolute atomic E-state index is 0.00859. The largest absolute Gasteiger partial charge is 0.490 e. The zero-order valence-corrected chi connectivity index (χ0v) is 20.7. The third-order valence-corrected chi connectivity index (χ3v) is 6.45. The minimum Gasteiger partial charge on any atom is -0.490 e. The monoisotopic (exact) mass is 548 g/mol. The molecule has 0 spiro atoms. The van der Waals surface area contributed by atoms with Crippen LogP contribution in [0.3, 0.4) is 0 Å². The van der Waals surface area contributed by atoms with Crippen LogP contribution in [0.2, 0.25) is 0 Å². The van der Waals surface area contributed by atoms with E-state index in [1.54, 1.807) is 12.1 Å². The highest BCUT2D eigenvalue weighted by Crippen LogP contribution is 2.33. The molecule has 4 N–H and O–H groups in total. The van der Waals surface area contributed by atoms with E-state index in [2.05, 4.69) is 41.4 Å². The van der Waals surface area contributed by atoms with Gasteiger partial charge in [-0.3, -0.25) is 4.79 Å². The molecule has 1 aromatic heterocycles. The zero-order chi connectivity index (χ0) is 24.8. The van der Waals surface area contributed by atoms with Gasteiger partial charge in [-0.2, -0.15) is 0 Å². The Morgan fingerprint density at radius 3 is 2.74 bits per heavy atom. The maximum atomic E-state index is 14.3. The summed E-state index contributed by atoms with van der Waals surface area (Å²) >= 11 is 2.96. The summed E-state index contributed by atoms with van der Waals surface area (Å²) in [5.74, 6) is -1.36. The number of ether oxygens (including phenoxy) is 1. The number of fused-ring (bicyclic) bond motifs is 1. The van der Waals surface area contributed by atoms with Crippen molar-refractivity contribution >= 4 is 49.9 Å². The molecule has 1 aliphatic rings. The second kappa shape index (κ2) is 11.6. The molecule has 0 bridgehead atoms. The lowest BCUT2D eigenvalue weighted by Crippen LogP contribution is -2.35. The first-order valence-corrected chi connectivity index (χ1v) is 12.3. The number of nitrogens with two attached hydrogens (primary N) is 1. The van der Waals surface area contributed by atoms with Crippen LogP contribution in [0.4, 0.5) is 26.0 Å². The predicted molar refractivity (Wildman–Crippen MR) is 135 cm³/mol. The van der Waals surface area contributed by atoms with Gasteiger partial charge in [-0.25, -0.2) is 18.7 Å². The van der Waals surface area contributed by atoms with Crippen LogP contribution in [0.25, 0.3) is 10.9 Å². The first kappa shape index (κ1) is 25.1. The Bertz CT molecular complexity index is 1210. The molecule has 0 atom stereocenters. The van der Waals surface area contributed by atoms with Gasteiger partial charge in [0, 0.05) is 24.4 Å². The molecule has 1 aliphatic heterocycles. The Hall–Kier alpha value is -3.05. The average molecular weight is 549 g/mol. The molecule has 1 saturated heterocycles. The van der Waals surface area contributed by atoms with Crippen molar-refractivity contribution < 1.29 is 18.3 Å². The molecule has 11 heteroatoms. The number of nitrogens with one attached hydrogen (secondary N) is 2. The third-order valence-electron chi connectivity index (χ3n) is 5.84. The van der Waals surface area contributed by atoms with Crippen LogP contribution in [0, 0.1) is 11.6 Å². The Morgan fingerprint density at radius 1 is 1.14 bits per heavy atom. The molecular weight excluding hydrogens is 522 g/mol. The quantitative estimate of drug-likeness (QED) is 0.207. The van der Waals surface area contributed by atoms with E-state index in [4.69, 9.17) is 10.5 Å². The van der Waals surface area contributed by atoms with Crippen LogP contribution in [0.15, 0.2) is 35.1 Å². The van der Waals surface area contributed by atoms with Crippen molar-refractivity contribution in [3.8, 4) is 5.75 Å². The summed E-state index contributed by atoms with van der Waals surface area (Å²) in [6, 6.07) is 6.06. The minimum atomic E-state index is -1.03. The van der Waals surface area contributed by atoms with Crippen LogP contribution in [0.1, 0.15) is 25.7 Å². The van der Waals surface area contributed by atoms with Gasteiger partial charge in [-0.1, -0.05) is 6.42 Å². The number of rotatable bonds is 9. The molecule has 0 radical (unpaired) electrons. The number of nitrogens with zero attached hydrogens (tertiary/aromatic N) is 3. The predicted octanol–water partition coefficient (Wildman–Crippen LogP) is 4.37. The second-order valence-electron chi connectivity index (χ2n) is 8.33. The van der Waals surface area contributed by atoms with Gasteiger partial charge in [0.15, 0.2) is 11.6 Å². The lowest BCUT2D eigenvalue weighted by Gasteiger charge is -2.25. The summed E-state index contributed by atoms with van der Waals surface area (Å²) in [6.45, 7) is 3.49. The van der Waals surface area contributed by atoms with Crippen molar-refractivity contribution in [1.82, 2.24) is 20.2 Å². The van der Waals surface area contributed by atoms with Crippen molar-refractivity contribution in [2.24, 2.45) is 0 Å². The van der Waals surface area contributed by atoms with Crippen LogP contribution in [0.5, 0.6) is 5.75 Å². The molecule has 8 nitrogen and oxygen atoms in total. The fraction of sp³-hybridized carbons (Fsp3) is 0.375. The van der Waals surface area contributed by atoms with Crippen LogP contribution in [-0.2, 0) is 4.79 Å². The molecule has 4 rings (SSSR count). The van der Waals surface area contributed by atoms with E-state index in [9.17, 15) is 13.6 Å². The van der Waals surface area contributed by atoms with Gasteiger partial charge in [0.1, 0.15) is 24.5 Å². The van der Waals surface area contributed by atoms with Crippen molar-refractivity contribution in [1.29, 1.82) is 0 Å². The number of carbonyl (C=O) groups is 1. The van der Waals surface area contributed by atoms with E-state index in [0.29, 0.717) is 35.3 Å². The molecular formula is C24H27BrF2N6O2. The molecule has 0 saturated carbocycles. The number of benzene rings is 2. The number of carbonyl (C=O) groups excluding carboxylic acids is 1. The van der Waals surface area contributed by atoms with Crippen molar-refractivity contribution in [3.63, 3.8) is 0 Å². The first-order valence-electron chi connectivity index (χ1n) is 11.5. The summed E-state index contributed by atoms with van der Waals surface area (Å²) in [7, 11) is 0. The SMILES string of the molecule is Nc1cc2c(Nc3ccc(Br)c(F)c3F)ncnc2cc1OCCNC(=O)CCN1CCCCC1. The van der Waals surface area contributed by atoms with Crippen LogP contribution in [-0.4, -0.2) is 53.6 Å². The summed E-state index contributed by atoms with van der Waals surface area (Å²) in [6.07, 6.45) is 5.44. The summed E-state index contributed by atoms with van der Waals surface area (Å²) in [4.78, 5) is 22.8. The molecule has 0 unspecified atom stereocenters. The van der Waals surface area contributed by atoms with Gasteiger partial charge in [0.2, 0.25) is 5.91 Å². The number of hydrogen-bond donors (Lipinski definition) is 3. The molecule has 2 heterocycles. The van der Waals surface area contributed by atoms with Gasteiger partial charge >= 0.3 is 0 Å². The number of anilines is 3. The molecule has 1 fully saturated rings. The molecule has 1 amide bonds. The van der Waals surface area contributed by atoms with Gasteiger partial charge in [0.05, 0.1) is 27.9 Å². The van der Waals surface area contributed by atoms with Gasteiger partial charge < -0.3 is 26.0 Å². The van der Waals surface area contributed by atoms with Crippen LogP contribution >= 0.6 is 15.9 Å². The average Bonchev–Trinajstić information content (AvgIpc) is 2.87. The highest BCUT2D eigenvalue weighted by atomic mass is 79.9. The lowest BCUT2D eigenvalue weighted by molar-refractivity contribution is -0.121. The van der Waals surface area contributed by atoms with E-state index in [1.165, 1.54) is 37.7 Å². The van der Waals surface area contributed by atoms with Gasteiger partial charge in [-0.15, -0.1) is 0 Å². The maximum absolute atomic E-state index is 14.3. The standard InChI is InChI=1S/C24H27BrF2N6O2/c25-16-4-5-18(23(27)22(16)26)32-24-15-12-17(28)20(13-19(15)30-14-31-24)35-11-7-29-21(34)6-10-33-8-2-1-3-9-33/h4-5,12-14H,1-3,6-11,28H2,(H,29,34)(H,30,31,32). The molecule has 0 aliphatic carbocycles. The van der Waals surface area contributed by atoms with E-state index < -0.39 is 11.6 Å². The van der Waals surface area contributed by atoms with Gasteiger partial charge in [-0.05, 0) is 60.1 Å². The zero-order valence-electron chi connectivity index (χ0n) is 19.1. The summed E-state index contributed by atoms with van der Waals surface area (Å²) < 4.78 is 33.9. The fourth-order valence-corrected chi connectivity index (χ4v) is 4.26. The Balaban J connectivity index is 1.34. The molecule has 35 heavy (non-hydrogen) atoms. The van der Waals surface area contributed by atoms with E-state index in [0.717, 1.165) is 19.6 Å². The second-order valence-corrected chi connectivity index (χ2v) is 9.18. The van der Waals surface area contributed by atoms with E-state index in [1.807, 2.05) is 0 Å². The van der Waals surface area contributed by atoms with Crippen molar-refractivity contribution in [3.05, 3.63) is 46.7 Å².